The molecular weight excluding hydrogens is 278 g/mol. The molecule has 1 N–H and O–H groups in total. The smallest absolute Gasteiger partial charge is 0.157 e. The fourth-order valence-corrected chi connectivity index (χ4v) is 3.33. The van der Waals surface area contributed by atoms with Crippen LogP contribution in [0.4, 0.5) is 5.69 Å². The van der Waals surface area contributed by atoms with E-state index in [4.69, 9.17) is 9.72 Å². The largest absolute Gasteiger partial charge is 0.381 e. The SMILES string of the molecule is c1cn2nc(CC3CCOCC3)nc2cc1N1CCNCC1. The van der Waals surface area contributed by atoms with Crippen LogP contribution in [0, 0.1) is 5.92 Å². The van der Waals surface area contributed by atoms with Crippen LogP contribution >= 0.6 is 0 Å². The average molecular weight is 301 g/mol. The number of aromatic nitrogens is 3. The number of hydrogen-bond acceptors (Lipinski definition) is 5. The summed E-state index contributed by atoms with van der Waals surface area (Å²) in [5.74, 6) is 1.63. The van der Waals surface area contributed by atoms with Crippen molar-refractivity contribution in [2.45, 2.75) is 19.3 Å². The van der Waals surface area contributed by atoms with Gasteiger partial charge in [-0.2, -0.15) is 5.10 Å². The van der Waals surface area contributed by atoms with Gasteiger partial charge in [0.15, 0.2) is 11.5 Å². The first-order valence-corrected chi connectivity index (χ1v) is 8.27. The Morgan fingerprint density at radius 1 is 1.23 bits per heavy atom. The number of rotatable bonds is 3. The summed E-state index contributed by atoms with van der Waals surface area (Å²) in [5.41, 5.74) is 2.21. The first-order chi connectivity index (χ1) is 10.9. The predicted molar refractivity (Wildman–Crippen MR) is 85.3 cm³/mol. The van der Waals surface area contributed by atoms with Crippen LogP contribution in [0.5, 0.6) is 0 Å². The standard InChI is InChI=1S/C16H23N5O/c1-6-21-16(12-14(1)20-7-4-17-5-8-20)18-15(19-21)11-13-2-9-22-10-3-13/h1,6,12-13,17H,2-5,7-11H2. The minimum absolute atomic E-state index is 0.666. The van der Waals surface area contributed by atoms with Crippen molar-refractivity contribution in [3.05, 3.63) is 24.2 Å². The molecule has 0 unspecified atom stereocenters. The summed E-state index contributed by atoms with van der Waals surface area (Å²) in [6.45, 7) is 5.97. The first kappa shape index (κ1) is 14.0. The van der Waals surface area contributed by atoms with E-state index in [9.17, 15) is 0 Å². The van der Waals surface area contributed by atoms with E-state index in [1.807, 2.05) is 10.7 Å². The quantitative estimate of drug-likeness (QED) is 0.920. The lowest BCUT2D eigenvalue weighted by Crippen LogP contribution is -2.43. The molecule has 22 heavy (non-hydrogen) atoms. The molecule has 0 aromatic carbocycles. The van der Waals surface area contributed by atoms with Crippen LogP contribution in [-0.4, -0.2) is 54.0 Å². The summed E-state index contributed by atoms with van der Waals surface area (Å²) in [5, 5.41) is 8.01. The van der Waals surface area contributed by atoms with Gasteiger partial charge < -0.3 is 15.0 Å². The van der Waals surface area contributed by atoms with Gasteiger partial charge in [-0.25, -0.2) is 9.50 Å². The van der Waals surface area contributed by atoms with Gasteiger partial charge in [0.1, 0.15) is 0 Å². The summed E-state index contributed by atoms with van der Waals surface area (Å²) in [7, 11) is 0. The zero-order valence-corrected chi connectivity index (χ0v) is 12.9. The van der Waals surface area contributed by atoms with Gasteiger partial charge in [0, 0.05) is 63.8 Å². The van der Waals surface area contributed by atoms with Crippen LogP contribution in [0.1, 0.15) is 18.7 Å². The van der Waals surface area contributed by atoms with Crippen LogP contribution < -0.4 is 10.2 Å². The Hall–Kier alpha value is -1.66. The molecule has 4 heterocycles. The molecule has 6 heteroatoms. The molecule has 0 amide bonds. The number of nitrogens with zero attached hydrogens (tertiary/aromatic N) is 4. The zero-order valence-electron chi connectivity index (χ0n) is 12.9. The molecule has 118 valence electrons. The molecule has 0 bridgehead atoms. The van der Waals surface area contributed by atoms with Gasteiger partial charge in [-0.15, -0.1) is 0 Å². The predicted octanol–water partition coefficient (Wildman–Crippen LogP) is 1.11. The van der Waals surface area contributed by atoms with E-state index in [2.05, 4.69) is 27.4 Å². The molecule has 2 aliphatic heterocycles. The Morgan fingerprint density at radius 2 is 2.05 bits per heavy atom. The van der Waals surface area contributed by atoms with E-state index in [1.54, 1.807) is 0 Å². The monoisotopic (exact) mass is 301 g/mol. The van der Waals surface area contributed by atoms with E-state index in [0.717, 1.165) is 70.1 Å². The van der Waals surface area contributed by atoms with Crippen molar-refractivity contribution >= 4 is 11.3 Å². The Kier molecular flexibility index (Phi) is 3.95. The number of hydrogen-bond donors (Lipinski definition) is 1. The first-order valence-electron chi connectivity index (χ1n) is 8.27. The molecule has 4 rings (SSSR count). The fraction of sp³-hybridized carbons (Fsp3) is 0.625. The summed E-state index contributed by atoms with van der Waals surface area (Å²) >= 11 is 0. The highest BCUT2D eigenvalue weighted by Crippen LogP contribution is 2.20. The van der Waals surface area contributed by atoms with E-state index < -0.39 is 0 Å². The van der Waals surface area contributed by atoms with Crippen molar-refractivity contribution in [1.82, 2.24) is 19.9 Å². The normalized spacial score (nSPS) is 20.6. The molecule has 0 spiro atoms. The minimum Gasteiger partial charge on any atom is -0.381 e. The van der Waals surface area contributed by atoms with Gasteiger partial charge in [-0.1, -0.05) is 0 Å². The number of pyridine rings is 1. The molecule has 2 saturated heterocycles. The maximum atomic E-state index is 5.42. The van der Waals surface area contributed by atoms with Crippen molar-refractivity contribution in [2.24, 2.45) is 5.92 Å². The van der Waals surface area contributed by atoms with Crippen LogP contribution in [0.2, 0.25) is 0 Å². The van der Waals surface area contributed by atoms with Crippen LogP contribution in [0.25, 0.3) is 5.65 Å². The molecule has 2 aromatic heterocycles. The molecule has 0 atom stereocenters. The molecule has 0 radical (unpaired) electrons. The van der Waals surface area contributed by atoms with Gasteiger partial charge in [0.25, 0.3) is 0 Å². The maximum Gasteiger partial charge on any atom is 0.157 e. The van der Waals surface area contributed by atoms with Crippen LogP contribution in [-0.2, 0) is 11.2 Å². The van der Waals surface area contributed by atoms with Crippen molar-refractivity contribution in [2.75, 3.05) is 44.3 Å². The molecule has 2 aliphatic rings. The lowest BCUT2D eigenvalue weighted by atomic mass is 9.96. The summed E-state index contributed by atoms with van der Waals surface area (Å²) in [4.78, 5) is 7.14. The second kappa shape index (κ2) is 6.22. The Bertz CT molecular complexity index is 628. The van der Waals surface area contributed by atoms with Crippen LogP contribution in [0.3, 0.4) is 0 Å². The van der Waals surface area contributed by atoms with Gasteiger partial charge in [-0.3, -0.25) is 0 Å². The Labute approximate surface area is 130 Å². The molecule has 2 aromatic rings. The van der Waals surface area contributed by atoms with Gasteiger partial charge >= 0.3 is 0 Å². The summed E-state index contributed by atoms with van der Waals surface area (Å²) in [6, 6.07) is 4.30. The van der Waals surface area contributed by atoms with E-state index in [-0.39, 0.29) is 0 Å². The zero-order chi connectivity index (χ0) is 14.8. The highest BCUT2D eigenvalue weighted by molar-refractivity contribution is 5.56. The van der Waals surface area contributed by atoms with Crippen molar-refractivity contribution in [3.8, 4) is 0 Å². The average Bonchev–Trinajstić information content (AvgIpc) is 2.98. The summed E-state index contributed by atoms with van der Waals surface area (Å²) < 4.78 is 7.33. The number of nitrogens with one attached hydrogen (secondary N) is 1. The third kappa shape index (κ3) is 2.94. The second-order valence-electron chi connectivity index (χ2n) is 6.21. The molecule has 6 nitrogen and oxygen atoms in total. The third-order valence-electron chi connectivity index (χ3n) is 4.66. The number of fused-ring (bicyclic) bond motifs is 1. The van der Waals surface area contributed by atoms with Crippen molar-refractivity contribution < 1.29 is 4.74 Å². The second-order valence-corrected chi connectivity index (χ2v) is 6.21. The van der Waals surface area contributed by atoms with Gasteiger partial charge in [-0.05, 0) is 24.8 Å². The Balaban J connectivity index is 1.52. The molecule has 0 aliphatic carbocycles. The number of ether oxygens (including phenoxy) is 1. The lowest BCUT2D eigenvalue weighted by molar-refractivity contribution is 0.0660. The fourth-order valence-electron chi connectivity index (χ4n) is 3.33. The van der Waals surface area contributed by atoms with Gasteiger partial charge in [0.05, 0.1) is 0 Å². The molecule has 0 saturated carbocycles. The minimum atomic E-state index is 0.666. The van der Waals surface area contributed by atoms with E-state index in [0.29, 0.717) is 5.92 Å². The molecule has 2 fully saturated rings. The highest BCUT2D eigenvalue weighted by atomic mass is 16.5. The topological polar surface area (TPSA) is 54.7 Å². The van der Waals surface area contributed by atoms with Crippen LogP contribution in [0.15, 0.2) is 18.3 Å². The third-order valence-corrected chi connectivity index (χ3v) is 4.66. The maximum absolute atomic E-state index is 5.42. The summed E-state index contributed by atoms with van der Waals surface area (Å²) in [6.07, 6.45) is 5.25. The van der Waals surface area contributed by atoms with Crippen molar-refractivity contribution in [3.63, 3.8) is 0 Å². The van der Waals surface area contributed by atoms with E-state index in [1.165, 1.54) is 5.69 Å². The number of piperazine rings is 1. The van der Waals surface area contributed by atoms with Crippen molar-refractivity contribution in [1.29, 1.82) is 0 Å². The Morgan fingerprint density at radius 3 is 2.86 bits per heavy atom. The van der Waals surface area contributed by atoms with E-state index >= 15 is 0 Å². The highest BCUT2D eigenvalue weighted by Gasteiger charge is 2.17. The molecular formula is C16H23N5O. The number of anilines is 1. The lowest BCUT2D eigenvalue weighted by Gasteiger charge is -2.29. The van der Waals surface area contributed by atoms with Gasteiger partial charge in [0.2, 0.25) is 0 Å².